The highest BCUT2D eigenvalue weighted by atomic mass is 79.9. The lowest BCUT2D eigenvalue weighted by Crippen LogP contribution is -2.29. The molecule has 1 fully saturated rings. The maximum Gasteiger partial charge on any atom is 0.224 e. The fourth-order valence-corrected chi connectivity index (χ4v) is 5.96. The van der Waals surface area contributed by atoms with Crippen LogP contribution in [0.3, 0.4) is 0 Å². The number of carbonyl (C=O) groups excluding carboxylic acids is 1. The molecule has 0 aliphatic carbocycles. The van der Waals surface area contributed by atoms with Gasteiger partial charge in [-0.3, -0.25) is 9.78 Å². The Balaban J connectivity index is 1.64. The second kappa shape index (κ2) is 10.7. The maximum atomic E-state index is 12.0. The molecule has 4 aromatic rings. The van der Waals surface area contributed by atoms with Crippen LogP contribution in [-0.4, -0.2) is 20.6 Å². The molecule has 0 unspecified atom stereocenters. The third kappa shape index (κ3) is 4.86. The number of rotatable bonds is 6. The lowest BCUT2D eigenvalue weighted by atomic mass is 9.96. The van der Waals surface area contributed by atoms with Crippen molar-refractivity contribution in [1.82, 2.24) is 14.9 Å². The largest absolute Gasteiger partial charge is 0.351 e. The van der Waals surface area contributed by atoms with E-state index in [4.69, 9.17) is 17.2 Å². The van der Waals surface area contributed by atoms with E-state index < -0.39 is 0 Å². The molecule has 2 aromatic carbocycles. The van der Waals surface area contributed by atoms with E-state index >= 15 is 0 Å². The number of hydrogen-bond acceptors (Lipinski definition) is 3. The van der Waals surface area contributed by atoms with Gasteiger partial charge in [-0.15, -0.1) is 0 Å². The highest BCUT2D eigenvalue weighted by Crippen LogP contribution is 2.44. The van der Waals surface area contributed by atoms with Crippen molar-refractivity contribution in [2.45, 2.75) is 46.2 Å². The Labute approximate surface area is 237 Å². The van der Waals surface area contributed by atoms with Crippen molar-refractivity contribution in [2.75, 3.05) is 10.2 Å². The topological polar surface area (TPSA) is 62.2 Å². The van der Waals surface area contributed by atoms with Crippen molar-refractivity contribution in [3.8, 4) is 5.69 Å². The molecular formula is C30H30BrN5OS. The van der Waals surface area contributed by atoms with Crippen LogP contribution in [0.2, 0.25) is 0 Å². The molecule has 0 spiro atoms. The third-order valence-corrected chi connectivity index (χ3v) is 7.84. The van der Waals surface area contributed by atoms with E-state index in [1.165, 1.54) is 5.56 Å². The molecule has 1 aliphatic heterocycles. The fourth-order valence-electron chi connectivity index (χ4n) is 5.23. The number of anilines is 2. The van der Waals surface area contributed by atoms with Gasteiger partial charge in [-0.05, 0) is 98.7 Å². The number of aromatic nitrogens is 2. The number of hydrogen-bond donors (Lipinski definition) is 2. The number of halogens is 1. The second-order valence-corrected chi connectivity index (χ2v) is 10.8. The SMILES string of the molecule is CCC(=O)Nc1ccc(N2C(=S)N[C@@H](c3ccccn3)[C@H]2c2cc(C)n(-c3cccc(Br)c3)c2C)cc1C. The summed E-state index contributed by atoms with van der Waals surface area (Å²) < 4.78 is 3.32. The first-order valence-electron chi connectivity index (χ1n) is 12.6. The van der Waals surface area contributed by atoms with Gasteiger partial charge in [0.1, 0.15) is 0 Å². The molecule has 2 N–H and O–H groups in total. The Morgan fingerprint density at radius 3 is 2.55 bits per heavy atom. The first kappa shape index (κ1) is 26.1. The maximum absolute atomic E-state index is 12.0. The van der Waals surface area contributed by atoms with Crippen LogP contribution >= 0.6 is 28.1 Å². The number of pyridine rings is 1. The smallest absolute Gasteiger partial charge is 0.224 e. The van der Waals surface area contributed by atoms with Crippen LogP contribution in [0.15, 0.2) is 77.4 Å². The van der Waals surface area contributed by atoms with E-state index in [1.807, 2.05) is 56.4 Å². The van der Waals surface area contributed by atoms with Crippen LogP contribution < -0.4 is 15.5 Å². The predicted molar refractivity (Wildman–Crippen MR) is 161 cm³/mol. The molecule has 0 radical (unpaired) electrons. The lowest BCUT2D eigenvalue weighted by molar-refractivity contribution is -0.115. The Bertz CT molecular complexity index is 1520. The van der Waals surface area contributed by atoms with E-state index in [0.29, 0.717) is 11.5 Å². The number of nitrogens with zero attached hydrogens (tertiary/aromatic N) is 3. The molecule has 3 heterocycles. The van der Waals surface area contributed by atoms with Crippen molar-refractivity contribution in [2.24, 2.45) is 0 Å². The molecule has 0 saturated carbocycles. The van der Waals surface area contributed by atoms with E-state index in [2.05, 4.69) is 80.2 Å². The molecule has 8 heteroatoms. The lowest BCUT2D eigenvalue weighted by Gasteiger charge is -2.29. The van der Waals surface area contributed by atoms with Gasteiger partial charge in [-0.2, -0.15) is 0 Å². The average Bonchev–Trinajstić information content (AvgIpc) is 3.40. The summed E-state index contributed by atoms with van der Waals surface area (Å²) in [5.41, 5.74) is 8.24. The monoisotopic (exact) mass is 587 g/mol. The molecule has 2 atom stereocenters. The number of nitrogens with one attached hydrogen (secondary N) is 2. The highest BCUT2D eigenvalue weighted by molar-refractivity contribution is 9.10. The predicted octanol–water partition coefficient (Wildman–Crippen LogP) is 7.09. The molecule has 5 rings (SSSR count). The zero-order chi connectivity index (χ0) is 27.0. The van der Waals surface area contributed by atoms with Crippen LogP contribution in [0.4, 0.5) is 11.4 Å². The summed E-state index contributed by atoms with van der Waals surface area (Å²) >= 11 is 9.56. The van der Waals surface area contributed by atoms with Gasteiger partial charge < -0.3 is 20.1 Å². The second-order valence-electron chi connectivity index (χ2n) is 9.54. The minimum absolute atomic E-state index is 0.00714. The summed E-state index contributed by atoms with van der Waals surface area (Å²) in [6.45, 7) is 8.15. The van der Waals surface area contributed by atoms with Gasteiger partial charge in [-0.25, -0.2) is 0 Å². The first-order chi connectivity index (χ1) is 18.3. The van der Waals surface area contributed by atoms with Crippen LogP contribution in [-0.2, 0) is 4.79 Å². The summed E-state index contributed by atoms with van der Waals surface area (Å²) in [6, 6.07) is 22.4. The van der Waals surface area contributed by atoms with Crippen molar-refractivity contribution >= 4 is 50.5 Å². The Hall–Kier alpha value is -3.49. The van der Waals surface area contributed by atoms with E-state index in [-0.39, 0.29) is 18.0 Å². The average molecular weight is 589 g/mol. The number of thiocarbonyl (C=S) groups is 1. The van der Waals surface area contributed by atoms with Gasteiger partial charge >= 0.3 is 0 Å². The summed E-state index contributed by atoms with van der Waals surface area (Å²) in [5, 5.41) is 7.18. The third-order valence-electron chi connectivity index (χ3n) is 7.04. The van der Waals surface area contributed by atoms with Crippen LogP contribution in [0, 0.1) is 20.8 Å². The molecule has 1 aliphatic rings. The molecule has 2 aromatic heterocycles. The molecule has 1 saturated heterocycles. The van der Waals surface area contributed by atoms with Gasteiger partial charge in [0.25, 0.3) is 0 Å². The van der Waals surface area contributed by atoms with Crippen LogP contribution in [0.25, 0.3) is 5.69 Å². The normalized spacial score (nSPS) is 17.0. The number of amides is 1. The summed E-state index contributed by atoms with van der Waals surface area (Å²) in [4.78, 5) is 18.9. The summed E-state index contributed by atoms with van der Waals surface area (Å²) in [7, 11) is 0. The van der Waals surface area contributed by atoms with Gasteiger partial charge in [0.05, 0.1) is 17.8 Å². The zero-order valence-electron chi connectivity index (χ0n) is 21.8. The van der Waals surface area contributed by atoms with E-state index in [0.717, 1.165) is 44.2 Å². The van der Waals surface area contributed by atoms with E-state index in [1.54, 1.807) is 0 Å². The summed E-state index contributed by atoms with van der Waals surface area (Å²) in [5.74, 6) is -0.00714. The first-order valence-corrected chi connectivity index (χ1v) is 13.8. The molecule has 0 bridgehead atoms. The molecule has 194 valence electrons. The van der Waals surface area contributed by atoms with Crippen molar-refractivity contribution < 1.29 is 4.79 Å². The Kier molecular flexibility index (Phi) is 7.36. The Morgan fingerprint density at radius 2 is 1.87 bits per heavy atom. The number of aryl methyl sites for hydroxylation is 2. The molecule has 38 heavy (non-hydrogen) atoms. The number of benzene rings is 2. The zero-order valence-corrected chi connectivity index (χ0v) is 24.2. The summed E-state index contributed by atoms with van der Waals surface area (Å²) in [6.07, 6.45) is 2.25. The van der Waals surface area contributed by atoms with E-state index in [9.17, 15) is 4.79 Å². The van der Waals surface area contributed by atoms with Crippen LogP contribution in [0.5, 0.6) is 0 Å². The standard InChI is InChI=1S/C30H30BrN5OS/c1-5-27(37)33-25-13-12-23(15-18(25)2)36-29(28(34-30(36)38)26-11-6-7-14-32-26)24-16-19(3)35(20(24)4)22-10-8-9-21(31)17-22/h6-17,28-29H,5H2,1-4H3,(H,33,37)(H,34,38)/t28-,29+/m0/s1. The molecular weight excluding hydrogens is 558 g/mol. The molecule has 6 nitrogen and oxygen atoms in total. The fraction of sp³-hybridized carbons (Fsp3) is 0.233. The molecule has 1 amide bonds. The van der Waals surface area contributed by atoms with Crippen molar-refractivity contribution in [1.29, 1.82) is 0 Å². The van der Waals surface area contributed by atoms with Crippen LogP contribution in [0.1, 0.15) is 53.6 Å². The van der Waals surface area contributed by atoms with Gasteiger partial charge in [0.15, 0.2) is 5.11 Å². The quantitative estimate of drug-likeness (QED) is 0.236. The highest BCUT2D eigenvalue weighted by Gasteiger charge is 2.42. The minimum Gasteiger partial charge on any atom is -0.351 e. The minimum atomic E-state index is -0.139. The van der Waals surface area contributed by atoms with Crippen molar-refractivity contribution in [3.63, 3.8) is 0 Å². The van der Waals surface area contributed by atoms with Gasteiger partial charge in [0, 0.05) is 45.5 Å². The number of carbonyl (C=O) groups is 1. The van der Waals surface area contributed by atoms with Crippen molar-refractivity contribution in [3.05, 3.63) is 106 Å². The van der Waals surface area contributed by atoms with Gasteiger partial charge in [-0.1, -0.05) is 35.0 Å². The Morgan fingerprint density at radius 1 is 1.05 bits per heavy atom. The van der Waals surface area contributed by atoms with Gasteiger partial charge in [0.2, 0.25) is 5.91 Å².